The Balaban J connectivity index is 0.000000144. The highest BCUT2D eigenvalue weighted by Crippen LogP contribution is 2.53. The summed E-state index contributed by atoms with van der Waals surface area (Å²) in [5, 5.41) is 19.0. The number of aliphatic hydroxyl groups excluding tert-OH is 2. The van der Waals surface area contributed by atoms with E-state index in [0.29, 0.717) is 79.2 Å². The van der Waals surface area contributed by atoms with E-state index >= 15 is 8.78 Å². The van der Waals surface area contributed by atoms with Crippen molar-refractivity contribution in [3.63, 3.8) is 0 Å². The first-order chi connectivity index (χ1) is 72.0. The Morgan fingerprint density at radius 1 is 0.320 bits per heavy atom. The van der Waals surface area contributed by atoms with Crippen LogP contribution in [0, 0.1) is 71.0 Å². The molecule has 6 aliphatic carbocycles. The van der Waals surface area contributed by atoms with Crippen molar-refractivity contribution < 1.29 is 89.5 Å². The fourth-order valence-electron chi connectivity index (χ4n) is 24.5. The zero-order valence-electron chi connectivity index (χ0n) is 87.6. The number of carbonyl (C=O) groups is 8. The lowest BCUT2D eigenvalue weighted by atomic mass is 9.67. The van der Waals surface area contributed by atoms with Gasteiger partial charge in [-0.05, 0) is 189 Å². The number of halogens is 5. The second-order valence-electron chi connectivity index (χ2n) is 43.9. The Hall–Kier alpha value is -13.0. The van der Waals surface area contributed by atoms with E-state index in [1.54, 1.807) is 0 Å². The van der Waals surface area contributed by atoms with Gasteiger partial charge in [-0.25, -0.2) is 60.7 Å². The summed E-state index contributed by atoms with van der Waals surface area (Å²) in [6.07, 6.45) is -0.889. The quantitative estimate of drug-likeness (QED) is 0.0313. The second kappa shape index (κ2) is 51.7. The van der Waals surface area contributed by atoms with Crippen molar-refractivity contribution in [1.29, 1.82) is 0 Å². The Morgan fingerprint density at radius 3 is 0.840 bits per heavy atom. The van der Waals surface area contributed by atoms with Crippen LogP contribution in [-0.2, 0) is 57.4 Å². The molecule has 2 N–H and O–H groups in total. The van der Waals surface area contributed by atoms with E-state index in [1.807, 2.05) is 282 Å². The van der Waals surface area contributed by atoms with E-state index in [4.69, 9.17) is 18.9 Å². The van der Waals surface area contributed by atoms with Gasteiger partial charge in [-0.15, -0.1) is 0 Å². The Kier molecular flexibility index (Phi) is 38.8. The van der Waals surface area contributed by atoms with Crippen molar-refractivity contribution in [2.75, 3.05) is 46.2 Å². The van der Waals surface area contributed by atoms with Gasteiger partial charge in [0.05, 0.1) is 48.3 Å². The molecule has 4 aliphatic heterocycles. The second-order valence-corrected chi connectivity index (χ2v) is 49.3. The van der Waals surface area contributed by atoms with Crippen LogP contribution in [0.25, 0.3) is 0 Å². The van der Waals surface area contributed by atoms with Crippen molar-refractivity contribution in [2.24, 2.45) is 71.0 Å². The number of aliphatic hydroxyl groups is 2. The highest BCUT2D eigenvalue weighted by atomic mass is 28.3. The SMILES string of the molecule is C=C1CC(C)C(C(=O)N2CCOC2=O)C(c2ccccc2)C1F.C=C1CC(C)C(CO)C(c2ccccc2)C1F.C=C1C[C@@H](C)C(C(=O)N2C(=O)OC[C@H]2Cc2ccccc2)[C@H](c2ccccc2)[C@H]1F.C=C1C[C@@H](C)C(CO)[C@H](c2ccccc2)[C@H]1F.C=C1C[C@@H](C)[C@H](C(=O)N2C(=O)OC[C@H]2Cc2ccccc2)[C@H](c2ccccc2)[C@H]1F.C[C@@H]1CC(C[Si](C)(C)C)=C[C@@H](c2ccccc2)[C@H]1C(=O)N1C(=O)OC[C@H]1Cc1ccccc1. The van der Waals surface area contributed by atoms with Gasteiger partial charge in [0.25, 0.3) is 0 Å². The van der Waals surface area contributed by atoms with E-state index in [0.717, 1.165) is 67.4 Å². The molecule has 18 nitrogen and oxygen atoms in total. The molecule has 4 saturated heterocycles. The van der Waals surface area contributed by atoms with Crippen molar-refractivity contribution in [1.82, 2.24) is 19.6 Å². The summed E-state index contributed by atoms with van der Waals surface area (Å²) < 4.78 is 95.0. The monoisotopic (exact) mass is 2060 g/mol. The molecule has 9 fully saturated rings. The Bertz CT molecular complexity index is 5920. The van der Waals surface area contributed by atoms with Crippen molar-refractivity contribution in [3.05, 3.63) is 395 Å². The molecular weight excluding hydrogens is 1920 g/mol. The molecule has 5 saturated carbocycles. The van der Waals surface area contributed by atoms with Crippen LogP contribution < -0.4 is 0 Å². The number of cyclic esters (lactones) is 4. The summed E-state index contributed by atoms with van der Waals surface area (Å²) in [5.41, 5.74) is 12.8. The van der Waals surface area contributed by atoms with Gasteiger partial charge in [-0.1, -0.05) is 379 Å². The molecule has 9 aromatic rings. The number of allylic oxidation sites excluding steroid dienone is 7. The lowest BCUT2D eigenvalue weighted by Crippen LogP contribution is -2.49. The summed E-state index contributed by atoms with van der Waals surface area (Å²) in [7, 11) is -1.28. The van der Waals surface area contributed by atoms with Gasteiger partial charge < -0.3 is 29.2 Å². The fourth-order valence-corrected chi connectivity index (χ4v) is 26.1. The molecule has 792 valence electrons. The standard InChI is InChI=1S/C28H35NO3Si.2C25H26FNO3.C18H20FNO3.2C15H19FO/c1-20-15-22(19-33(2,3)4)17-25(23-13-9-6-10-14-23)26(20)27(30)29-24(18-32-28(29)31)16-21-11-7-5-8-12-21;2*1-16-13-17(2)23(26)22(19-11-7-4-8-12-19)21(16)24(28)27-20(15-30-25(27)29)14-18-9-5-3-6-10-18;1-11-10-12(2)16(19)15(13-6-4-3-5-7-13)14(11)17(21)20-8-9-23-18(20)22;2*1-10-8-11(2)15(16)14(13(10)9-17)12-6-4-3-5-7-12/h5-14,17,20,24-26H,15-16,18-19H2,1-4H3;2*3-12,16,20-23H,2,13-15H2,1H3;3-7,11,14-16H,2,8-10H2,1H3;2*3-7,10,13-15,17H,2,8-9H2,1H3/t20-,24-,25+,26+;16-,20-,21?,22+,23+;16-,20-,21+,22+,23+;;10-,13?,14+,15+;/m111.1./s1. The molecule has 0 aromatic heterocycles. The normalized spacial score (nSPS) is 29.6. The van der Waals surface area contributed by atoms with Crippen LogP contribution in [0.4, 0.5) is 41.1 Å². The molecule has 10 unspecified atom stereocenters. The molecule has 0 spiro atoms. The number of benzene rings is 9. The van der Waals surface area contributed by atoms with Gasteiger partial charge in [0, 0.05) is 56.8 Å². The molecule has 4 heterocycles. The molecule has 9 aromatic carbocycles. The summed E-state index contributed by atoms with van der Waals surface area (Å²) in [5.74, 6) is -5.46. The third kappa shape index (κ3) is 26.7. The van der Waals surface area contributed by atoms with E-state index in [-0.39, 0.29) is 159 Å². The number of imide groups is 4. The molecule has 19 rings (SSSR count). The van der Waals surface area contributed by atoms with Gasteiger partial charge in [-0.3, -0.25) is 19.2 Å². The van der Waals surface area contributed by atoms with Gasteiger partial charge in [0.2, 0.25) is 23.6 Å². The first-order valence-electron chi connectivity index (χ1n) is 52.9. The zero-order chi connectivity index (χ0) is 107. The Morgan fingerprint density at radius 2 is 0.567 bits per heavy atom. The maximum Gasteiger partial charge on any atom is 0.416 e. The molecule has 0 radical (unpaired) electrons. The van der Waals surface area contributed by atoms with Crippen LogP contribution in [-0.4, -0.2) is 181 Å². The first-order valence-corrected chi connectivity index (χ1v) is 56.6. The number of nitrogens with zero attached hydrogens (tertiary/aromatic N) is 4. The van der Waals surface area contributed by atoms with Gasteiger partial charge in [0.15, 0.2) is 0 Å². The number of ether oxygens (including phenoxy) is 4. The van der Waals surface area contributed by atoms with Gasteiger partial charge in [0.1, 0.15) is 57.3 Å². The predicted molar refractivity (Wildman–Crippen MR) is 579 cm³/mol. The van der Waals surface area contributed by atoms with Crippen LogP contribution in [0.3, 0.4) is 0 Å². The number of hydrogen-bond donors (Lipinski definition) is 2. The third-order valence-electron chi connectivity index (χ3n) is 31.8. The van der Waals surface area contributed by atoms with Crippen molar-refractivity contribution >= 4 is 56.1 Å². The topological polar surface area (TPSA) is 227 Å². The smallest absolute Gasteiger partial charge is 0.416 e. The predicted octanol–water partition coefficient (Wildman–Crippen LogP) is 26.0. The molecule has 150 heavy (non-hydrogen) atoms. The van der Waals surface area contributed by atoms with E-state index in [9.17, 15) is 61.7 Å². The highest BCUT2D eigenvalue weighted by Gasteiger charge is 2.55. The maximum absolute atomic E-state index is 15.4. The zero-order valence-corrected chi connectivity index (χ0v) is 88.6. The third-order valence-corrected chi connectivity index (χ3v) is 33.3. The van der Waals surface area contributed by atoms with E-state index in [1.165, 1.54) is 20.3 Å². The van der Waals surface area contributed by atoms with E-state index < -0.39 is 98.8 Å². The average molecular weight is 2060 g/mol. The number of hydrogen-bond acceptors (Lipinski definition) is 14. The fraction of sp³-hybridized carbons (Fsp3) is 0.413. The number of rotatable bonds is 20. The molecular formula is C126H145F5N4O14Si. The van der Waals surface area contributed by atoms with Gasteiger partial charge in [-0.2, -0.15) is 0 Å². The molecule has 10 aliphatic rings. The lowest BCUT2D eigenvalue weighted by Gasteiger charge is -2.41. The summed E-state index contributed by atoms with van der Waals surface area (Å²) in [6.45, 7) is 39.6. The van der Waals surface area contributed by atoms with Crippen molar-refractivity contribution in [2.45, 2.75) is 210 Å². The molecule has 8 amide bonds. The molecule has 0 bridgehead atoms. The van der Waals surface area contributed by atoms with Crippen LogP contribution in [0.15, 0.2) is 345 Å². The minimum Gasteiger partial charge on any atom is -0.447 e. The first kappa shape index (κ1) is 113. The van der Waals surface area contributed by atoms with E-state index in [2.05, 4.69) is 91.5 Å². The lowest BCUT2D eigenvalue weighted by molar-refractivity contribution is -0.138. The number of carbonyl (C=O) groups excluding carboxylic acids is 8. The maximum atomic E-state index is 15.4. The van der Waals surface area contributed by atoms with Crippen LogP contribution in [0.2, 0.25) is 25.7 Å². The Labute approximate surface area is 882 Å². The van der Waals surface area contributed by atoms with Crippen molar-refractivity contribution in [3.8, 4) is 0 Å². The van der Waals surface area contributed by atoms with Crippen LogP contribution in [0.1, 0.15) is 166 Å². The van der Waals surface area contributed by atoms with Crippen LogP contribution >= 0.6 is 0 Å². The average Bonchev–Trinajstić information content (AvgIpc) is 1.52. The van der Waals surface area contributed by atoms with Gasteiger partial charge >= 0.3 is 24.4 Å². The molecule has 26 atom stereocenters. The summed E-state index contributed by atoms with van der Waals surface area (Å²) in [4.78, 5) is 109. The summed E-state index contributed by atoms with van der Waals surface area (Å²) >= 11 is 0. The molecule has 24 heteroatoms. The number of amides is 8. The highest BCUT2D eigenvalue weighted by molar-refractivity contribution is 6.76. The minimum absolute atomic E-state index is 0.0158. The van der Waals surface area contributed by atoms with Crippen LogP contribution in [0.5, 0.6) is 0 Å². The minimum atomic E-state index is -1.33. The number of alkyl halides is 5. The summed E-state index contributed by atoms with van der Waals surface area (Å²) in [6, 6.07) is 86.6. The largest absolute Gasteiger partial charge is 0.447 e.